The third-order valence-electron chi connectivity index (χ3n) is 11.7. The summed E-state index contributed by atoms with van der Waals surface area (Å²) in [5.74, 6) is -0.547. The second kappa shape index (κ2) is 51.0. The van der Waals surface area contributed by atoms with Crippen LogP contribution in [0.1, 0.15) is 245 Å². The molecule has 3 N–H and O–H groups in total. The van der Waals surface area contributed by atoms with E-state index in [-0.39, 0.29) is 24.9 Å². The molecule has 3 atom stereocenters. The number of ether oxygens (including phenoxy) is 1. The van der Waals surface area contributed by atoms with E-state index in [0.717, 1.165) is 89.9 Å². The number of esters is 1. The number of nitrogens with one attached hydrogen (secondary N) is 1. The van der Waals surface area contributed by atoms with E-state index in [0.29, 0.717) is 19.3 Å². The lowest BCUT2D eigenvalue weighted by Crippen LogP contribution is -2.46. The number of allylic oxidation sites excluding steroid dienone is 14. The first kappa shape index (κ1) is 61.0. The number of rotatable bonds is 47. The lowest BCUT2D eigenvalue weighted by Gasteiger charge is -2.24. The van der Waals surface area contributed by atoms with E-state index in [1.54, 1.807) is 0 Å². The van der Waals surface area contributed by atoms with Crippen molar-refractivity contribution in [2.24, 2.45) is 0 Å². The van der Waals surface area contributed by atoms with Gasteiger partial charge in [-0.2, -0.15) is 0 Å². The highest BCUT2D eigenvalue weighted by molar-refractivity contribution is 5.77. The van der Waals surface area contributed by atoms with Gasteiger partial charge in [-0.25, -0.2) is 0 Å². The average molecular weight is 892 g/mol. The molecule has 0 rings (SSSR count). The Balaban J connectivity index is 4.69. The molecule has 0 aliphatic carbocycles. The van der Waals surface area contributed by atoms with Crippen LogP contribution in [0.5, 0.6) is 0 Å². The molecule has 0 aliphatic rings. The Morgan fingerprint density at radius 2 is 0.812 bits per heavy atom. The number of amides is 1. The lowest BCUT2D eigenvalue weighted by molar-refractivity contribution is -0.151. The Bertz CT molecular complexity index is 1230. The monoisotopic (exact) mass is 892 g/mol. The molecule has 3 unspecified atom stereocenters. The van der Waals surface area contributed by atoms with Crippen LogP contribution >= 0.6 is 0 Å². The molecule has 1 amide bonds. The lowest BCUT2D eigenvalue weighted by atomic mass is 10.0. The standard InChI is InChI=1S/C58H101NO5/c1-4-7-10-13-16-19-21-23-25-27-28-30-32-34-36-39-42-45-48-51-58(63)64-54(49-46-43-40-38-35-33-31-29-26-24-22-20-17-14-11-8-5-2)52-57(62)59-55(53-60)56(61)50-47-44-41-37-18-15-12-9-6-3/h16-17,19-20,23-26,28,30-31,33,38,40,54-56,60-61H,4-15,18,21-22,27,29,32,34-37,39,41-53H2,1-3H3,(H,59,62)/b19-16-,20-17-,25-23-,26-24-,30-28-,33-31-,40-38-. The fraction of sp³-hybridized carbons (Fsp3) is 0.724. The minimum Gasteiger partial charge on any atom is -0.462 e. The van der Waals surface area contributed by atoms with Crippen LogP contribution in [0.15, 0.2) is 85.1 Å². The summed E-state index contributed by atoms with van der Waals surface area (Å²) < 4.78 is 5.91. The van der Waals surface area contributed by atoms with E-state index < -0.39 is 18.2 Å². The van der Waals surface area contributed by atoms with Gasteiger partial charge in [0.25, 0.3) is 0 Å². The summed E-state index contributed by atoms with van der Waals surface area (Å²) in [6.07, 6.45) is 66.5. The highest BCUT2D eigenvalue weighted by atomic mass is 16.5. The van der Waals surface area contributed by atoms with E-state index in [1.165, 1.54) is 109 Å². The minimum atomic E-state index is -0.807. The van der Waals surface area contributed by atoms with Crippen molar-refractivity contribution in [3.8, 4) is 0 Å². The van der Waals surface area contributed by atoms with E-state index in [4.69, 9.17) is 4.74 Å². The minimum absolute atomic E-state index is 0.0306. The summed E-state index contributed by atoms with van der Waals surface area (Å²) in [6.45, 7) is 6.39. The Morgan fingerprint density at radius 1 is 0.453 bits per heavy atom. The van der Waals surface area contributed by atoms with Gasteiger partial charge in [0.15, 0.2) is 0 Å². The Labute approximate surface area is 395 Å². The van der Waals surface area contributed by atoms with Crippen molar-refractivity contribution in [3.05, 3.63) is 85.1 Å². The fourth-order valence-electron chi connectivity index (χ4n) is 7.60. The van der Waals surface area contributed by atoms with Crippen LogP contribution in [-0.4, -0.2) is 46.9 Å². The van der Waals surface area contributed by atoms with Crippen molar-refractivity contribution in [2.75, 3.05) is 6.61 Å². The maximum absolute atomic E-state index is 13.2. The van der Waals surface area contributed by atoms with Crippen molar-refractivity contribution < 1.29 is 24.5 Å². The zero-order valence-electron chi connectivity index (χ0n) is 41.9. The molecular weight excluding hydrogens is 791 g/mol. The molecule has 0 aliphatic heterocycles. The highest BCUT2D eigenvalue weighted by Crippen LogP contribution is 2.16. The van der Waals surface area contributed by atoms with E-state index in [9.17, 15) is 19.8 Å². The van der Waals surface area contributed by atoms with Gasteiger partial charge in [-0.1, -0.05) is 215 Å². The molecule has 64 heavy (non-hydrogen) atoms. The summed E-state index contributed by atoms with van der Waals surface area (Å²) in [7, 11) is 0. The molecule has 0 aromatic heterocycles. The van der Waals surface area contributed by atoms with Gasteiger partial charge in [0.1, 0.15) is 6.10 Å². The van der Waals surface area contributed by atoms with Crippen LogP contribution in [0.25, 0.3) is 0 Å². The maximum Gasteiger partial charge on any atom is 0.306 e. The Morgan fingerprint density at radius 3 is 1.27 bits per heavy atom. The fourth-order valence-corrected chi connectivity index (χ4v) is 7.60. The van der Waals surface area contributed by atoms with Crippen LogP contribution in [-0.2, 0) is 14.3 Å². The second-order valence-corrected chi connectivity index (χ2v) is 17.9. The Hall–Kier alpha value is -2.96. The number of aliphatic hydroxyl groups is 2. The van der Waals surface area contributed by atoms with Crippen molar-refractivity contribution in [3.63, 3.8) is 0 Å². The summed E-state index contributed by atoms with van der Waals surface area (Å²) in [5.41, 5.74) is 0. The third kappa shape index (κ3) is 45.6. The van der Waals surface area contributed by atoms with Crippen molar-refractivity contribution in [1.82, 2.24) is 5.32 Å². The molecule has 368 valence electrons. The molecule has 0 fully saturated rings. The molecule has 0 saturated carbocycles. The highest BCUT2D eigenvalue weighted by Gasteiger charge is 2.24. The van der Waals surface area contributed by atoms with Crippen LogP contribution in [0.3, 0.4) is 0 Å². The topological polar surface area (TPSA) is 95.9 Å². The average Bonchev–Trinajstić information content (AvgIpc) is 3.29. The van der Waals surface area contributed by atoms with E-state index >= 15 is 0 Å². The van der Waals surface area contributed by atoms with Gasteiger partial charge >= 0.3 is 5.97 Å². The molecule has 0 aromatic carbocycles. The smallest absolute Gasteiger partial charge is 0.306 e. The first-order valence-electron chi connectivity index (χ1n) is 26.8. The molecule has 6 nitrogen and oxygen atoms in total. The first-order chi connectivity index (χ1) is 31.5. The molecule has 0 spiro atoms. The molecule has 0 aromatic rings. The number of unbranched alkanes of at least 4 members (excludes halogenated alkanes) is 21. The number of carbonyl (C=O) groups is 2. The Kier molecular flexibility index (Phi) is 48.7. The first-order valence-corrected chi connectivity index (χ1v) is 26.8. The quantitative estimate of drug-likeness (QED) is 0.0321. The summed E-state index contributed by atoms with van der Waals surface area (Å²) in [6, 6.07) is -0.725. The summed E-state index contributed by atoms with van der Waals surface area (Å²) in [4.78, 5) is 26.2. The van der Waals surface area contributed by atoms with Gasteiger partial charge in [0, 0.05) is 6.42 Å². The van der Waals surface area contributed by atoms with Gasteiger partial charge in [-0.15, -0.1) is 0 Å². The molecule has 0 heterocycles. The van der Waals surface area contributed by atoms with Crippen LogP contribution in [0.2, 0.25) is 0 Å². The van der Waals surface area contributed by atoms with Gasteiger partial charge in [0.05, 0.1) is 25.2 Å². The second-order valence-electron chi connectivity index (χ2n) is 17.9. The summed E-state index contributed by atoms with van der Waals surface area (Å²) >= 11 is 0. The van der Waals surface area contributed by atoms with Crippen LogP contribution < -0.4 is 5.32 Å². The molecule has 0 saturated heterocycles. The number of hydrogen-bond donors (Lipinski definition) is 3. The molecule has 6 heteroatoms. The number of hydrogen-bond acceptors (Lipinski definition) is 5. The number of aliphatic hydroxyl groups excluding tert-OH is 2. The maximum atomic E-state index is 13.2. The zero-order chi connectivity index (χ0) is 46.7. The number of carbonyl (C=O) groups excluding carboxylic acids is 2. The normalized spacial score (nSPS) is 13.9. The van der Waals surface area contributed by atoms with E-state index in [1.807, 2.05) is 0 Å². The van der Waals surface area contributed by atoms with Crippen molar-refractivity contribution in [2.45, 2.75) is 264 Å². The van der Waals surface area contributed by atoms with Crippen molar-refractivity contribution in [1.29, 1.82) is 0 Å². The predicted octanol–water partition coefficient (Wildman–Crippen LogP) is 16.3. The molecule has 0 radical (unpaired) electrons. The summed E-state index contributed by atoms with van der Waals surface area (Å²) in [5, 5.41) is 23.7. The SMILES string of the molecule is CCCCC/C=C\C/C=C\C/C=C\C/C=C\CCCC(CC(=O)NC(CO)C(O)CCCCCCCCCCC)OC(=O)CCCCCCCC/C=C\C/C=C\C/C=C\CCCCC. The van der Waals surface area contributed by atoms with Gasteiger partial charge in [-0.05, 0) is 103 Å². The van der Waals surface area contributed by atoms with Crippen LogP contribution in [0, 0.1) is 0 Å². The molecular formula is C58H101NO5. The van der Waals surface area contributed by atoms with E-state index in [2.05, 4.69) is 111 Å². The predicted molar refractivity (Wildman–Crippen MR) is 278 cm³/mol. The van der Waals surface area contributed by atoms with Gasteiger partial charge in [0.2, 0.25) is 5.91 Å². The van der Waals surface area contributed by atoms with Crippen LogP contribution in [0.4, 0.5) is 0 Å². The van der Waals surface area contributed by atoms with Gasteiger partial charge in [-0.3, -0.25) is 9.59 Å². The molecule has 0 bridgehead atoms. The van der Waals surface area contributed by atoms with Crippen molar-refractivity contribution >= 4 is 11.9 Å². The van der Waals surface area contributed by atoms with Gasteiger partial charge < -0.3 is 20.3 Å². The third-order valence-corrected chi connectivity index (χ3v) is 11.7. The zero-order valence-corrected chi connectivity index (χ0v) is 41.9. The largest absolute Gasteiger partial charge is 0.462 e.